The van der Waals surface area contributed by atoms with Gasteiger partial charge >= 0.3 is 0 Å². The fourth-order valence-electron chi connectivity index (χ4n) is 2.35. The van der Waals surface area contributed by atoms with Crippen molar-refractivity contribution in [3.8, 4) is 0 Å². The van der Waals surface area contributed by atoms with Crippen molar-refractivity contribution < 1.29 is 9.59 Å². The van der Waals surface area contributed by atoms with Crippen LogP contribution in [0.3, 0.4) is 0 Å². The molecule has 3 rings (SSSR count). The summed E-state index contributed by atoms with van der Waals surface area (Å²) in [5.41, 5.74) is 1.78. The van der Waals surface area contributed by atoms with E-state index >= 15 is 0 Å². The molecule has 0 fully saturated rings. The van der Waals surface area contributed by atoms with Gasteiger partial charge in [0, 0.05) is 18.8 Å². The molecule has 0 aliphatic carbocycles. The van der Waals surface area contributed by atoms with Crippen LogP contribution in [0.25, 0.3) is 0 Å². The Bertz CT molecular complexity index is 850. The first kappa shape index (κ1) is 16.4. The third kappa shape index (κ3) is 3.74. The summed E-state index contributed by atoms with van der Waals surface area (Å²) < 4.78 is 1.61. The SMILES string of the molecule is Cc1cc(C(=O)N[C@H](C(=O)Nc2ccn[nH]2)c2ccccc2)nn1C. The van der Waals surface area contributed by atoms with Crippen molar-refractivity contribution in [2.24, 2.45) is 7.05 Å². The van der Waals surface area contributed by atoms with Gasteiger partial charge in [-0.1, -0.05) is 30.3 Å². The summed E-state index contributed by atoms with van der Waals surface area (Å²) in [5.74, 6) is -0.345. The molecule has 3 N–H and O–H groups in total. The number of aryl methyl sites for hydroxylation is 2. The molecular weight excluding hydrogens is 320 g/mol. The molecule has 0 bridgehead atoms. The Morgan fingerprint density at radius 3 is 2.56 bits per heavy atom. The zero-order chi connectivity index (χ0) is 17.8. The highest BCUT2D eigenvalue weighted by atomic mass is 16.2. The predicted octanol–water partition coefficient (Wildman–Crippen LogP) is 1.56. The first-order valence-electron chi connectivity index (χ1n) is 7.71. The van der Waals surface area contributed by atoms with Crippen molar-refractivity contribution in [1.82, 2.24) is 25.3 Å². The Kier molecular flexibility index (Phi) is 4.60. The minimum atomic E-state index is -0.862. The van der Waals surface area contributed by atoms with Crippen LogP contribution in [-0.4, -0.2) is 31.8 Å². The molecule has 0 saturated carbocycles. The average molecular weight is 338 g/mol. The van der Waals surface area contributed by atoms with Crippen LogP contribution < -0.4 is 10.6 Å². The second-order valence-corrected chi connectivity index (χ2v) is 5.57. The van der Waals surface area contributed by atoms with E-state index in [1.807, 2.05) is 25.1 Å². The molecule has 2 heterocycles. The van der Waals surface area contributed by atoms with E-state index in [9.17, 15) is 9.59 Å². The van der Waals surface area contributed by atoms with Gasteiger partial charge in [0.1, 0.15) is 17.6 Å². The van der Waals surface area contributed by atoms with E-state index < -0.39 is 11.9 Å². The molecule has 0 radical (unpaired) electrons. The van der Waals surface area contributed by atoms with Gasteiger partial charge in [0.25, 0.3) is 11.8 Å². The molecule has 25 heavy (non-hydrogen) atoms. The number of rotatable bonds is 5. The summed E-state index contributed by atoms with van der Waals surface area (Å²) in [7, 11) is 1.76. The number of anilines is 1. The first-order chi connectivity index (χ1) is 12.0. The van der Waals surface area contributed by atoms with E-state index in [2.05, 4.69) is 25.9 Å². The van der Waals surface area contributed by atoms with E-state index in [0.717, 1.165) is 5.69 Å². The molecule has 128 valence electrons. The van der Waals surface area contributed by atoms with Crippen molar-refractivity contribution in [3.05, 3.63) is 65.6 Å². The topological polar surface area (TPSA) is 105 Å². The van der Waals surface area contributed by atoms with Gasteiger partial charge in [-0.15, -0.1) is 0 Å². The zero-order valence-electron chi connectivity index (χ0n) is 13.9. The fraction of sp³-hybridized carbons (Fsp3) is 0.176. The third-order valence-corrected chi connectivity index (χ3v) is 3.78. The van der Waals surface area contributed by atoms with E-state index in [0.29, 0.717) is 11.4 Å². The number of nitrogens with one attached hydrogen (secondary N) is 3. The molecule has 2 aromatic heterocycles. The van der Waals surface area contributed by atoms with Crippen LogP contribution in [0.1, 0.15) is 27.8 Å². The van der Waals surface area contributed by atoms with E-state index in [4.69, 9.17) is 0 Å². The van der Waals surface area contributed by atoms with Crippen molar-refractivity contribution in [3.63, 3.8) is 0 Å². The van der Waals surface area contributed by atoms with E-state index in [1.54, 1.807) is 36.0 Å². The smallest absolute Gasteiger partial charge is 0.272 e. The van der Waals surface area contributed by atoms with Crippen molar-refractivity contribution in [2.45, 2.75) is 13.0 Å². The summed E-state index contributed by atoms with van der Waals surface area (Å²) in [6.45, 7) is 1.85. The summed E-state index contributed by atoms with van der Waals surface area (Å²) in [5, 5.41) is 16.0. The molecule has 0 spiro atoms. The molecule has 0 unspecified atom stereocenters. The van der Waals surface area contributed by atoms with Gasteiger partial charge in [0.05, 0.1) is 6.20 Å². The number of hydrogen-bond acceptors (Lipinski definition) is 4. The van der Waals surface area contributed by atoms with Crippen molar-refractivity contribution in [1.29, 1.82) is 0 Å². The molecule has 8 heteroatoms. The van der Waals surface area contributed by atoms with Gasteiger partial charge in [-0.05, 0) is 18.6 Å². The Hall–Kier alpha value is -3.42. The molecule has 2 amide bonds. The van der Waals surface area contributed by atoms with Gasteiger partial charge in [0.15, 0.2) is 0 Å². The van der Waals surface area contributed by atoms with Crippen LogP contribution in [-0.2, 0) is 11.8 Å². The molecule has 3 aromatic rings. The Morgan fingerprint density at radius 1 is 1.20 bits per heavy atom. The van der Waals surface area contributed by atoms with Gasteiger partial charge in [-0.25, -0.2) is 0 Å². The van der Waals surface area contributed by atoms with Gasteiger partial charge in [-0.3, -0.25) is 19.4 Å². The van der Waals surface area contributed by atoms with E-state index in [-0.39, 0.29) is 11.6 Å². The van der Waals surface area contributed by atoms with Crippen LogP contribution >= 0.6 is 0 Å². The lowest BCUT2D eigenvalue weighted by atomic mass is 10.1. The van der Waals surface area contributed by atoms with Crippen LogP contribution in [0.5, 0.6) is 0 Å². The molecule has 1 aromatic carbocycles. The predicted molar refractivity (Wildman–Crippen MR) is 91.8 cm³/mol. The number of nitrogens with zero attached hydrogens (tertiary/aromatic N) is 3. The lowest BCUT2D eigenvalue weighted by Gasteiger charge is -2.17. The maximum absolute atomic E-state index is 12.7. The highest BCUT2D eigenvalue weighted by molar-refractivity contribution is 6.00. The minimum Gasteiger partial charge on any atom is -0.335 e. The monoisotopic (exact) mass is 338 g/mol. The molecule has 0 saturated heterocycles. The number of aromatic nitrogens is 4. The summed E-state index contributed by atoms with van der Waals surface area (Å²) >= 11 is 0. The standard InChI is InChI=1S/C17H18N6O2/c1-11-10-13(22-23(11)2)16(24)20-15(12-6-4-3-5-7-12)17(25)19-14-8-9-18-21-14/h3-10,15H,1-2H3,(H,20,24)(H2,18,19,21,25)/t15-/m0/s1. The van der Waals surface area contributed by atoms with Crippen LogP contribution in [0.2, 0.25) is 0 Å². The Morgan fingerprint density at radius 2 is 1.96 bits per heavy atom. The number of hydrogen-bond donors (Lipinski definition) is 3. The highest BCUT2D eigenvalue weighted by Crippen LogP contribution is 2.16. The largest absolute Gasteiger partial charge is 0.335 e. The summed E-state index contributed by atoms with van der Waals surface area (Å²) in [6.07, 6.45) is 1.53. The summed E-state index contributed by atoms with van der Waals surface area (Å²) in [4.78, 5) is 25.2. The fourth-order valence-corrected chi connectivity index (χ4v) is 2.35. The molecule has 0 aliphatic heterocycles. The molecule has 1 atom stereocenters. The third-order valence-electron chi connectivity index (χ3n) is 3.78. The van der Waals surface area contributed by atoms with Gasteiger partial charge in [0.2, 0.25) is 0 Å². The maximum atomic E-state index is 12.7. The zero-order valence-corrected chi connectivity index (χ0v) is 13.9. The lowest BCUT2D eigenvalue weighted by Crippen LogP contribution is -2.37. The van der Waals surface area contributed by atoms with Crippen molar-refractivity contribution in [2.75, 3.05) is 5.32 Å². The number of amides is 2. The van der Waals surface area contributed by atoms with Gasteiger partial charge < -0.3 is 10.6 Å². The Balaban J connectivity index is 1.83. The number of carbonyl (C=O) groups is 2. The second kappa shape index (κ2) is 7.00. The van der Waals surface area contributed by atoms with Crippen LogP contribution in [0.15, 0.2) is 48.7 Å². The van der Waals surface area contributed by atoms with Crippen molar-refractivity contribution >= 4 is 17.6 Å². The lowest BCUT2D eigenvalue weighted by molar-refractivity contribution is -0.118. The highest BCUT2D eigenvalue weighted by Gasteiger charge is 2.24. The van der Waals surface area contributed by atoms with Crippen LogP contribution in [0, 0.1) is 6.92 Å². The Labute approximate surface area is 144 Å². The molecular formula is C17H18N6O2. The number of benzene rings is 1. The summed E-state index contributed by atoms with van der Waals surface area (Å²) in [6, 6.07) is 11.5. The normalized spacial score (nSPS) is 11.8. The van der Waals surface area contributed by atoms with E-state index in [1.165, 1.54) is 6.20 Å². The number of carbonyl (C=O) groups excluding carboxylic acids is 2. The number of aromatic amines is 1. The first-order valence-corrected chi connectivity index (χ1v) is 7.71. The second-order valence-electron chi connectivity index (χ2n) is 5.57. The average Bonchev–Trinajstić information content (AvgIpc) is 3.23. The number of H-pyrrole nitrogens is 1. The van der Waals surface area contributed by atoms with Gasteiger partial charge in [-0.2, -0.15) is 10.2 Å². The molecule has 8 nitrogen and oxygen atoms in total. The molecule has 0 aliphatic rings. The van der Waals surface area contributed by atoms with Crippen LogP contribution in [0.4, 0.5) is 5.82 Å². The minimum absolute atomic E-state index is 0.260. The quantitative estimate of drug-likeness (QED) is 0.656. The maximum Gasteiger partial charge on any atom is 0.272 e.